The number of carbonyl (C=O) groups is 1. The molecule has 18 heavy (non-hydrogen) atoms. The lowest BCUT2D eigenvalue weighted by Crippen LogP contribution is -2.27. The molecule has 2 unspecified atom stereocenters. The molecule has 1 aromatic rings. The van der Waals surface area contributed by atoms with Crippen molar-refractivity contribution in [1.82, 2.24) is 5.32 Å². The maximum atomic E-state index is 10.7. The summed E-state index contributed by atoms with van der Waals surface area (Å²) in [6.07, 6.45) is -1.50. The van der Waals surface area contributed by atoms with E-state index in [-0.39, 0.29) is 5.91 Å². The Hall–Kier alpha value is -0.910. The van der Waals surface area contributed by atoms with Crippen molar-refractivity contribution < 1.29 is 15.0 Å². The third-order valence-corrected chi connectivity index (χ3v) is 3.27. The number of benzene rings is 1. The van der Waals surface area contributed by atoms with Crippen LogP contribution in [0.1, 0.15) is 30.6 Å². The van der Waals surface area contributed by atoms with E-state index in [2.05, 4.69) is 21.2 Å². The largest absolute Gasteiger partial charge is 0.390 e. The summed E-state index contributed by atoms with van der Waals surface area (Å²) in [5.41, 5.74) is 1.72. The lowest BCUT2D eigenvalue weighted by molar-refractivity contribution is -0.119. The second kappa shape index (κ2) is 7.51. The monoisotopic (exact) mass is 315 g/mol. The number of amides is 1. The second-order valence-electron chi connectivity index (χ2n) is 4.16. The fraction of sp³-hybridized carbons (Fsp3) is 0.462. The molecule has 2 atom stereocenters. The van der Waals surface area contributed by atoms with Gasteiger partial charge in [-0.05, 0) is 17.5 Å². The molecule has 100 valence electrons. The van der Waals surface area contributed by atoms with Gasteiger partial charge in [-0.25, -0.2) is 0 Å². The molecule has 0 saturated carbocycles. The Labute approximate surface area is 115 Å². The molecule has 1 aromatic carbocycles. The van der Waals surface area contributed by atoms with Gasteiger partial charge >= 0.3 is 0 Å². The predicted octanol–water partition coefficient (Wildman–Crippen LogP) is 1.50. The van der Waals surface area contributed by atoms with Gasteiger partial charge in [-0.1, -0.05) is 40.2 Å². The highest BCUT2D eigenvalue weighted by Crippen LogP contribution is 2.20. The number of aliphatic hydroxyl groups is 2. The van der Waals surface area contributed by atoms with Crippen LogP contribution in [0, 0.1) is 0 Å². The maximum absolute atomic E-state index is 10.7. The Balaban J connectivity index is 2.56. The maximum Gasteiger partial charge on any atom is 0.216 e. The van der Waals surface area contributed by atoms with E-state index in [9.17, 15) is 15.0 Å². The molecule has 0 heterocycles. The molecule has 0 saturated heterocycles. The average molecular weight is 316 g/mol. The average Bonchev–Trinajstić information content (AvgIpc) is 2.37. The van der Waals surface area contributed by atoms with Gasteiger partial charge in [0.25, 0.3) is 0 Å². The minimum atomic E-state index is -0.933. The van der Waals surface area contributed by atoms with Gasteiger partial charge in [-0.2, -0.15) is 0 Å². The van der Waals surface area contributed by atoms with Gasteiger partial charge < -0.3 is 15.5 Å². The van der Waals surface area contributed by atoms with Crippen molar-refractivity contribution in [1.29, 1.82) is 0 Å². The van der Waals surface area contributed by atoms with Crippen molar-refractivity contribution in [3.63, 3.8) is 0 Å². The summed E-state index contributed by atoms with van der Waals surface area (Å²) in [6, 6.07) is 7.41. The van der Waals surface area contributed by atoms with Crippen LogP contribution in [0.15, 0.2) is 24.3 Å². The molecule has 0 aliphatic carbocycles. The van der Waals surface area contributed by atoms with Gasteiger partial charge in [-0.3, -0.25) is 4.79 Å². The number of rotatable bonds is 6. The first-order valence-electron chi connectivity index (χ1n) is 5.80. The second-order valence-corrected chi connectivity index (χ2v) is 4.72. The van der Waals surface area contributed by atoms with Crippen LogP contribution in [0.25, 0.3) is 0 Å². The van der Waals surface area contributed by atoms with Crippen LogP contribution in [0.4, 0.5) is 0 Å². The van der Waals surface area contributed by atoms with Crippen LogP contribution in [-0.4, -0.2) is 28.8 Å². The van der Waals surface area contributed by atoms with Crippen molar-refractivity contribution in [2.24, 2.45) is 0 Å². The molecular weight excluding hydrogens is 298 g/mol. The van der Waals surface area contributed by atoms with Crippen molar-refractivity contribution in [3.8, 4) is 0 Å². The van der Waals surface area contributed by atoms with E-state index in [1.54, 1.807) is 6.07 Å². The molecule has 0 aliphatic rings. The zero-order chi connectivity index (χ0) is 13.5. The Morgan fingerprint density at radius 2 is 2.17 bits per heavy atom. The van der Waals surface area contributed by atoms with E-state index in [4.69, 9.17) is 0 Å². The summed E-state index contributed by atoms with van der Waals surface area (Å²) < 4.78 is 0. The molecule has 0 radical (unpaired) electrons. The minimum Gasteiger partial charge on any atom is -0.390 e. The third kappa shape index (κ3) is 4.76. The number of halogens is 1. The molecule has 5 heteroatoms. The van der Waals surface area contributed by atoms with Gasteiger partial charge in [0.1, 0.15) is 6.10 Å². The topological polar surface area (TPSA) is 69.6 Å². The molecule has 3 N–H and O–H groups in total. The Bertz CT molecular complexity index is 398. The van der Waals surface area contributed by atoms with E-state index < -0.39 is 12.2 Å². The summed E-state index contributed by atoms with van der Waals surface area (Å²) in [4.78, 5) is 10.7. The number of hydrogen-bond acceptors (Lipinski definition) is 3. The number of carbonyl (C=O) groups excluding carboxylic acids is 1. The van der Waals surface area contributed by atoms with Crippen LogP contribution in [0.5, 0.6) is 0 Å². The SMILES string of the molecule is CC(=O)NCCC(O)C(O)c1cccc(CBr)c1. The summed E-state index contributed by atoms with van der Waals surface area (Å²) in [7, 11) is 0. The van der Waals surface area contributed by atoms with E-state index >= 15 is 0 Å². The van der Waals surface area contributed by atoms with Gasteiger partial charge in [0.05, 0.1) is 6.10 Å². The minimum absolute atomic E-state index is 0.141. The Kier molecular flexibility index (Phi) is 6.32. The molecule has 0 spiro atoms. The lowest BCUT2D eigenvalue weighted by Gasteiger charge is -2.18. The van der Waals surface area contributed by atoms with E-state index in [0.29, 0.717) is 23.9 Å². The van der Waals surface area contributed by atoms with E-state index in [1.807, 2.05) is 18.2 Å². The van der Waals surface area contributed by atoms with Crippen LogP contribution in [0.3, 0.4) is 0 Å². The number of nitrogens with one attached hydrogen (secondary N) is 1. The first-order valence-corrected chi connectivity index (χ1v) is 6.92. The molecular formula is C13H18BrNO3. The first-order chi connectivity index (χ1) is 8.54. The van der Waals surface area contributed by atoms with Crippen LogP contribution in [-0.2, 0) is 10.1 Å². The molecule has 4 nitrogen and oxygen atoms in total. The highest BCUT2D eigenvalue weighted by molar-refractivity contribution is 9.08. The van der Waals surface area contributed by atoms with Gasteiger partial charge in [-0.15, -0.1) is 0 Å². The van der Waals surface area contributed by atoms with E-state index in [0.717, 1.165) is 5.56 Å². The van der Waals surface area contributed by atoms with Crippen molar-refractivity contribution in [3.05, 3.63) is 35.4 Å². The highest BCUT2D eigenvalue weighted by Gasteiger charge is 2.18. The quantitative estimate of drug-likeness (QED) is 0.697. The molecule has 0 aromatic heterocycles. The Morgan fingerprint density at radius 1 is 1.44 bits per heavy atom. The molecule has 1 rings (SSSR count). The fourth-order valence-corrected chi connectivity index (χ4v) is 1.99. The summed E-state index contributed by atoms with van der Waals surface area (Å²) in [5, 5.41) is 23.1. The molecule has 0 bridgehead atoms. The highest BCUT2D eigenvalue weighted by atomic mass is 79.9. The van der Waals surface area contributed by atoms with Gasteiger partial charge in [0, 0.05) is 18.8 Å². The lowest BCUT2D eigenvalue weighted by atomic mass is 10.0. The van der Waals surface area contributed by atoms with Gasteiger partial charge in [0.15, 0.2) is 0 Å². The van der Waals surface area contributed by atoms with Gasteiger partial charge in [0.2, 0.25) is 5.91 Å². The number of aliphatic hydroxyl groups excluding tert-OH is 2. The van der Waals surface area contributed by atoms with Crippen LogP contribution in [0.2, 0.25) is 0 Å². The van der Waals surface area contributed by atoms with Crippen LogP contribution < -0.4 is 5.32 Å². The normalized spacial score (nSPS) is 14.0. The molecule has 0 aliphatic heterocycles. The summed E-state index contributed by atoms with van der Waals surface area (Å²) >= 11 is 3.34. The van der Waals surface area contributed by atoms with Crippen molar-refractivity contribution >= 4 is 21.8 Å². The zero-order valence-electron chi connectivity index (χ0n) is 10.3. The number of alkyl halides is 1. The third-order valence-electron chi connectivity index (χ3n) is 2.63. The van der Waals surface area contributed by atoms with Crippen molar-refractivity contribution in [2.45, 2.75) is 30.9 Å². The summed E-state index contributed by atoms with van der Waals surface area (Å²) in [5.74, 6) is -0.141. The Morgan fingerprint density at radius 3 is 2.78 bits per heavy atom. The molecule has 0 fully saturated rings. The smallest absolute Gasteiger partial charge is 0.216 e. The first kappa shape index (κ1) is 15.1. The number of hydrogen-bond donors (Lipinski definition) is 3. The molecule has 1 amide bonds. The fourth-order valence-electron chi connectivity index (χ4n) is 1.64. The zero-order valence-corrected chi connectivity index (χ0v) is 11.9. The van der Waals surface area contributed by atoms with Crippen molar-refractivity contribution in [2.75, 3.05) is 6.54 Å². The van der Waals surface area contributed by atoms with Crippen LogP contribution >= 0.6 is 15.9 Å². The predicted molar refractivity (Wildman–Crippen MR) is 73.3 cm³/mol. The summed E-state index contributed by atoms with van der Waals surface area (Å²) in [6.45, 7) is 1.77. The standard InChI is InChI=1S/C13H18BrNO3/c1-9(16)15-6-5-12(17)13(18)11-4-2-3-10(7-11)8-14/h2-4,7,12-13,17-18H,5-6,8H2,1H3,(H,15,16). The van der Waals surface area contributed by atoms with E-state index in [1.165, 1.54) is 6.92 Å².